The van der Waals surface area contributed by atoms with Crippen molar-refractivity contribution in [1.82, 2.24) is 4.57 Å². The van der Waals surface area contributed by atoms with E-state index in [1.807, 2.05) is 19.9 Å². The van der Waals surface area contributed by atoms with Crippen LogP contribution in [0.5, 0.6) is 11.6 Å². The number of rotatable bonds is 8. The summed E-state index contributed by atoms with van der Waals surface area (Å²) in [6, 6.07) is 4.53. The van der Waals surface area contributed by atoms with Crippen molar-refractivity contribution in [2.24, 2.45) is 0 Å². The molecule has 0 aliphatic heterocycles. The first-order chi connectivity index (χ1) is 14.1. The number of pyridine rings is 1. The van der Waals surface area contributed by atoms with Crippen molar-refractivity contribution in [3.8, 4) is 17.7 Å². The van der Waals surface area contributed by atoms with Crippen LogP contribution in [0, 0.1) is 18.3 Å². The number of ether oxygens (including phenoxy) is 2. The number of ketones is 1. The van der Waals surface area contributed by atoms with Crippen molar-refractivity contribution in [2.45, 2.75) is 39.8 Å². The number of aromatic hydroxyl groups is 1. The van der Waals surface area contributed by atoms with Crippen LogP contribution >= 0.6 is 23.2 Å². The fourth-order valence-corrected chi connectivity index (χ4v) is 3.64. The Morgan fingerprint density at radius 3 is 2.40 bits per heavy atom. The molecular weight excluding hydrogens is 431 g/mol. The number of carbonyl (C=O) groups is 1. The van der Waals surface area contributed by atoms with E-state index in [1.165, 1.54) is 26.2 Å². The Bertz CT molecular complexity index is 1050. The maximum Gasteiger partial charge on any atom is 0.271 e. The predicted molar refractivity (Wildman–Crippen MR) is 114 cm³/mol. The molecule has 0 radical (unpaired) electrons. The zero-order valence-electron chi connectivity index (χ0n) is 17.1. The Morgan fingerprint density at radius 1 is 1.30 bits per heavy atom. The zero-order valence-corrected chi connectivity index (χ0v) is 18.6. The number of methoxy groups -OCH3 is 1. The van der Waals surface area contributed by atoms with E-state index in [-0.39, 0.29) is 50.7 Å². The van der Waals surface area contributed by atoms with Gasteiger partial charge in [-0.05, 0) is 44.9 Å². The maximum absolute atomic E-state index is 13.2. The summed E-state index contributed by atoms with van der Waals surface area (Å²) in [6.07, 6.45) is 0.428. The smallest absolute Gasteiger partial charge is 0.271 e. The van der Waals surface area contributed by atoms with Gasteiger partial charge in [-0.15, -0.1) is 0 Å². The molecule has 1 aromatic heterocycles. The molecule has 0 spiro atoms. The van der Waals surface area contributed by atoms with Crippen LogP contribution in [0.3, 0.4) is 0 Å². The van der Waals surface area contributed by atoms with E-state index < -0.39 is 17.2 Å². The van der Waals surface area contributed by atoms with E-state index in [0.717, 1.165) is 4.57 Å². The third-order valence-corrected chi connectivity index (χ3v) is 5.03. The number of nitriles is 1. The number of halogens is 2. The topological polar surface area (TPSA) is 102 Å². The second-order valence-electron chi connectivity index (χ2n) is 6.84. The number of hydrogen-bond donors (Lipinski definition) is 1. The summed E-state index contributed by atoms with van der Waals surface area (Å²) in [4.78, 5) is 25.8. The van der Waals surface area contributed by atoms with Gasteiger partial charge in [-0.25, -0.2) is 0 Å². The standard InChI is InChI=1S/C21H22Cl2N2O5/c1-11(2)30-7-5-6-25-20(27)14(10-24)12(3)17(21(25)28)18(26)13-8-15(22)19(29-4)16(23)9-13/h8-9,11,28H,5-7H2,1-4H3. The minimum Gasteiger partial charge on any atom is -0.494 e. The fourth-order valence-electron chi connectivity index (χ4n) is 3.00. The molecule has 160 valence electrons. The van der Waals surface area contributed by atoms with E-state index in [4.69, 9.17) is 32.7 Å². The molecule has 1 N–H and O–H groups in total. The Morgan fingerprint density at radius 2 is 1.90 bits per heavy atom. The first-order valence-corrected chi connectivity index (χ1v) is 9.95. The van der Waals surface area contributed by atoms with Gasteiger partial charge in [0.2, 0.25) is 5.88 Å². The van der Waals surface area contributed by atoms with E-state index in [0.29, 0.717) is 13.0 Å². The number of nitrogens with zero attached hydrogens (tertiary/aromatic N) is 2. The van der Waals surface area contributed by atoms with Crippen LogP contribution in [-0.2, 0) is 11.3 Å². The average molecular weight is 453 g/mol. The molecule has 30 heavy (non-hydrogen) atoms. The molecule has 7 nitrogen and oxygen atoms in total. The molecule has 0 aliphatic carbocycles. The molecule has 0 fully saturated rings. The second-order valence-corrected chi connectivity index (χ2v) is 7.66. The summed E-state index contributed by atoms with van der Waals surface area (Å²) in [5.41, 5.74) is -0.872. The van der Waals surface area contributed by atoms with Crippen LogP contribution in [0.15, 0.2) is 16.9 Å². The normalized spacial score (nSPS) is 10.9. The van der Waals surface area contributed by atoms with Crippen LogP contribution in [0.1, 0.15) is 47.3 Å². The van der Waals surface area contributed by atoms with Gasteiger partial charge in [-0.2, -0.15) is 5.26 Å². The van der Waals surface area contributed by atoms with Crippen molar-refractivity contribution in [2.75, 3.05) is 13.7 Å². The minimum absolute atomic E-state index is 0.0183. The monoisotopic (exact) mass is 452 g/mol. The number of hydrogen-bond acceptors (Lipinski definition) is 6. The molecule has 0 aliphatic rings. The molecule has 0 saturated heterocycles. The zero-order chi connectivity index (χ0) is 22.6. The summed E-state index contributed by atoms with van der Waals surface area (Å²) in [6.45, 7) is 5.63. The Hall–Kier alpha value is -2.53. The van der Waals surface area contributed by atoms with Crippen molar-refractivity contribution in [3.63, 3.8) is 0 Å². The summed E-state index contributed by atoms with van der Waals surface area (Å²) in [5, 5.41) is 20.4. The van der Waals surface area contributed by atoms with Crippen LogP contribution in [-0.4, -0.2) is 35.3 Å². The molecule has 9 heteroatoms. The third-order valence-electron chi connectivity index (χ3n) is 4.47. The number of carbonyl (C=O) groups excluding carboxylic acids is 1. The molecule has 0 atom stereocenters. The van der Waals surface area contributed by atoms with Crippen molar-refractivity contribution < 1.29 is 19.4 Å². The molecule has 1 heterocycles. The Labute approximate surface area is 184 Å². The third kappa shape index (κ3) is 4.78. The van der Waals surface area contributed by atoms with Crippen molar-refractivity contribution >= 4 is 29.0 Å². The maximum atomic E-state index is 13.2. The largest absolute Gasteiger partial charge is 0.494 e. The van der Waals surface area contributed by atoms with Gasteiger partial charge in [0.15, 0.2) is 11.5 Å². The quantitative estimate of drug-likeness (QED) is 0.477. The highest BCUT2D eigenvalue weighted by atomic mass is 35.5. The molecule has 0 amide bonds. The molecule has 2 aromatic rings. The second kappa shape index (κ2) is 9.98. The Balaban J connectivity index is 2.57. The SMILES string of the molecule is COc1c(Cl)cc(C(=O)c2c(C)c(C#N)c(=O)n(CCCOC(C)C)c2O)cc1Cl. The highest BCUT2D eigenvalue weighted by Crippen LogP contribution is 2.35. The highest BCUT2D eigenvalue weighted by Gasteiger charge is 2.26. The molecule has 0 unspecified atom stereocenters. The lowest BCUT2D eigenvalue weighted by Crippen LogP contribution is -2.27. The van der Waals surface area contributed by atoms with E-state index in [9.17, 15) is 20.0 Å². The van der Waals surface area contributed by atoms with E-state index >= 15 is 0 Å². The lowest BCUT2D eigenvalue weighted by atomic mass is 9.97. The first kappa shape index (κ1) is 23.7. The summed E-state index contributed by atoms with van der Waals surface area (Å²) in [5.74, 6) is -0.932. The first-order valence-electron chi connectivity index (χ1n) is 9.19. The lowest BCUT2D eigenvalue weighted by Gasteiger charge is -2.16. The highest BCUT2D eigenvalue weighted by molar-refractivity contribution is 6.38. The van der Waals surface area contributed by atoms with Gasteiger partial charge in [0, 0.05) is 18.7 Å². The van der Waals surface area contributed by atoms with E-state index in [2.05, 4.69) is 0 Å². The lowest BCUT2D eigenvalue weighted by molar-refractivity contribution is 0.0743. The van der Waals surface area contributed by atoms with Gasteiger partial charge < -0.3 is 14.6 Å². The van der Waals surface area contributed by atoms with Crippen molar-refractivity contribution in [3.05, 3.63) is 54.8 Å². The molecule has 0 saturated carbocycles. The minimum atomic E-state index is -0.667. The van der Waals surface area contributed by atoms with Gasteiger partial charge in [-0.1, -0.05) is 23.2 Å². The van der Waals surface area contributed by atoms with Crippen LogP contribution < -0.4 is 10.3 Å². The summed E-state index contributed by atoms with van der Waals surface area (Å²) in [7, 11) is 1.39. The van der Waals surface area contributed by atoms with Crippen LogP contribution in [0.2, 0.25) is 10.0 Å². The van der Waals surface area contributed by atoms with Gasteiger partial charge in [0.05, 0.1) is 28.8 Å². The van der Waals surface area contributed by atoms with Crippen LogP contribution in [0.25, 0.3) is 0 Å². The fraction of sp³-hybridized carbons (Fsp3) is 0.381. The van der Waals surface area contributed by atoms with Gasteiger partial charge >= 0.3 is 0 Å². The van der Waals surface area contributed by atoms with Crippen molar-refractivity contribution in [1.29, 1.82) is 5.26 Å². The predicted octanol–water partition coefficient (Wildman–Crippen LogP) is 4.10. The summed E-state index contributed by atoms with van der Waals surface area (Å²) >= 11 is 12.3. The molecular formula is C21H22Cl2N2O5. The number of aromatic nitrogens is 1. The van der Waals surface area contributed by atoms with E-state index in [1.54, 1.807) is 0 Å². The molecule has 1 aromatic carbocycles. The van der Waals surface area contributed by atoms with Gasteiger partial charge in [0.1, 0.15) is 11.6 Å². The summed E-state index contributed by atoms with van der Waals surface area (Å²) < 4.78 is 11.5. The number of benzene rings is 1. The van der Waals surface area contributed by atoms with Gasteiger partial charge in [-0.3, -0.25) is 14.2 Å². The average Bonchev–Trinajstić information content (AvgIpc) is 2.67. The molecule has 2 rings (SSSR count). The van der Waals surface area contributed by atoms with Gasteiger partial charge in [0.25, 0.3) is 5.56 Å². The molecule has 0 bridgehead atoms. The van der Waals surface area contributed by atoms with Crippen LogP contribution in [0.4, 0.5) is 0 Å². The Kier molecular flexibility index (Phi) is 7.90.